The highest BCUT2D eigenvalue weighted by atomic mass is 16.4. The topological polar surface area (TPSA) is 147 Å². The van der Waals surface area contributed by atoms with E-state index in [1.54, 1.807) is 0 Å². The third-order valence-electron chi connectivity index (χ3n) is 3.04. The molecule has 21 heavy (non-hydrogen) atoms. The van der Waals surface area contributed by atoms with Gasteiger partial charge in [0, 0.05) is 6.42 Å². The van der Waals surface area contributed by atoms with Crippen LogP contribution in [-0.4, -0.2) is 68.4 Å². The van der Waals surface area contributed by atoms with Crippen LogP contribution in [0.4, 0.5) is 0 Å². The molecule has 0 heterocycles. The maximum atomic E-state index is 11.5. The van der Waals surface area contributed by atoms with Gasteiger partial charge in [0.15, 0.2) is 6.10 Å². The van der Waals surface area contributed by atoms with Gasteiger partial charge in [-0.15, -0.1) is 0 Å². The number of rotatable bonds is 10. The van der Waals surface area contributed by atoms with Gasteiger partial charge in [-0.25, -0.2) is 0 Å². The Balaban J connectivity index is 4.22. The molecule has 8 heteroatoms. The number of carbonyl (C=O) groups is 2. The monoisotopic (exact) mass is 307 g/mol. The molecular weight excluding hydrogens is 282 g/mol. The Morgan fingerprint density at radius 2 is 1.62 bits per heavy atom. The summed E-state index contributed by atoms with van der Waals surface area (Å²) < 4.78 is 0. The van der Waals surface area contributed by atoms with E-state index < -0.39 is 42.8 Å². The fourth-order valence-corrected chi connectivity index (χ4v) is 1.66. The van der Waals surface area contributed by atoms with Gasteiger partial charge < -0.3 is 25.5 Å². The van der Waals surface area contributed by atoms with Crippen molar-refractivity contribution in [2.24, 2.45) is 0 Å². The summed E-state index contributed by atoms with van der Waals surface area (Å²) in [4.78, 5) is 22.9. The number of aliphatic hydroxyl groups excluding tert-OH is 5. The molecule has 2 amide bonds. The number of carbonyl (C=O) groups excluding carboxylic acids is 2. The van der Waals surface area contributed by atoms with Crippen molar-refractivity contribution in [3.63, 3.8) is 0 Å². The van der Waals surface area contributed by atoms with Crippen molar-refractivity contribution < 1.29 is 35.1 Å². The number of imide groups is 1. The van der Waals surface area contributed by atoms with Crippen LogP contribution < -0.4 is 5.32 Å². The van der Waals surface area contributed by atoms with Crippen LogP contribution >= 0.6 is 0 Å². The second kappa shape index (κ2) is 10.6. The van der Waals surface area contributed by atoms with Crippen LogP contribution in [0.25, 0.3) is 0 Å². The predicted molar refractivity (Wildman–Crippen MR) is 73.0 cm³/mol. The molecule has 124 valence electrons. The summed E-state index contributed by atoms with van der Waals surface area (Å²) in [6.07, 6.45) is -4.13. The maximum Gasteiger partial charge on any atom is 0.258 e. The van der Waals surface area contributed by atoms with Crippen molar-refractivity contribution in [2.45, 2.75) is 63.4 Å². The summed E-state index contributed by atoms with van der Waals surface area (Å²) in [6.45, 7) is 1.18. The molecule has 0 aromatic heterocycles. The van der Waals surface area contributed by atoms with Crippen molar-refractivity contribution in [1.29, 1.82) is 0 Å². The van der Waals surface area contributed by atoms with Crippen LogP contribution in [0.15, 0.2) is 0 Å². The van der Waals surface area contributed by atoms with E-state index >= 15 is 0 Å². The number of hydrogen-bond donors (Lipinski definition) is 6. The molecule has 6 N–H and O–H groups in total. The van der Waals surface area contributed by atoms with Crippen molar-refractivity contribution >= 4 is 11.8 Å². The van der Waals surface area contributed by atoms with Crippen LogP contribution in [0.1, 0.15) is 39.0 Å². The van der Waals surface area contributed by atoms with E-state index in [2.05, 4.69) is 0 Å². The van der Waals surface area contributed by atoms with Crippen LogP contribution in [-0.2, 0) is 9.59 Å². The van der Waals surface area contributed by atoms with E-state index in [1.165, 1.54) is 0 Å². The molecule has 8 nitrogen and oxygen atoms in total. The Kier molecular flexibility index (Phi) is 10.1. The molecule has 0 saturated heterocycles. The molecule has 4 atom stereocenters. The molecular formula is C13H25NO7. The summed E-state index contributed by atoms with van der Waals surface area (Å²) >= 11 is 0. The first kappa shape index (κ1) is 19.9. The number of nitrogens with one attached hydrogen (secondary N) is 1. The van der Waals surface area contributed by atoms with Crippen molar-refractivity contribution in [3.05, 3.63) is 0 Å². The lowest BCUT2D eigenvalue weighted by molar-refractivity contribution is -0.151. The Morgan fingerprint density at radius 3 is 2.14 bits per heavy atom. The van der Waals surface area contributed by atoms with E-state index in [1.807, 2.05) is 12.2 Å². The minimum atomic E-state index is -2.08. The Bertz CT molecular complexity index is 324. The van der Waals surface area contributed by atoms with Gasteiger partial charge in [0.1, 0.15) is 18.3 Å². The number of amides is 2. The van der Waals surface area contributed by atoms with Gasteiger partial charge in [-0.3, -0.25) is 14.9 Å². The third kappa shape index (κ3) is 7.49. The summed E-state index contributed by atoms with van der Waals surface area (Å²) in [5.74, 6) is -1.74. The van der Waals surface area contributed by atoms with Crippen LogP contribution in [0, 0.1) is 0 Å². The molecule has 0 aromatic carbocycles. The zero-order chi connectivity index (χ0) is 16.4. The van der Waals surface area contributed by atoms with E-state index in [4.69, 9.17) is 10.2 Å². The van der Waals surface area contributed by atoms with Crippen molar-refractivity contribution in [3.8, 4) is 0 Å². The van der Waals surface area contributed by atoms with Gasteiger partial charge in [-0.1, -0.05) is 26.2 Å². The smallest absolute Gasteiger partial charge is 0.258 e. The number of unbranched alkanes of at least 4 members (excludes halogenated alkanes) is 3. The lowest BCUT2D eigenvalue weighted by atomic mass is 10.0. The van der Waals surface area contributed by atoms with Crippen molar-refractivity contribution in [2.75, 3.05) is 6.61 Å². The molecule has 0 rings (SSSR count). The molecule has 0 aromatic rings. The molecule has 0 aliphatic carbocycles. The first-order valence-corrected chi connectivity index (χ1v) is 7.01. The second-order valence-corrected chi connectivity index (χ2v) is 4.90. The summed E-state index contributed by atoms with van der Waals surface area (Å²) in [7, 11) is 0. The van der Waals surface area contributed by atoms with Gasteiger partial charge in [0.2, 0.25) is 5.91 Å². The van der Waals surface area contributed by atoms with Gasteiger partial charge in [-0.05, 0) is 6.42 Å². The SMILES string of the molecule is CCCCCCC(=O)NC(=O)[C@H](O)[C@@H](O)[C@H](O)[C@H](O)CO. The molecule has 0 saturated carbocycles. The highest BCUT2D eigenvalue weighted by Gasteiger charge is 2.34. The first-order chi connectivity index (χ1) is 9.84. The van der Waals surface area contributed by atoms with Crippen LogP contribution in [0.2, 0.25) is 0 Å². The third-order valence-corrected chi connectivity index (χ3v) is 3.04. The number of aliphatic hydroxyl groups is 5. The minimum Gasteiger partial charge on any atom is -0.394 e. The quantitative estimate of drug-likeness (QED) is 0.257. The maximum absolute atomic E-state index is 11.5. The van der Waals surface area contributed by atoms with E-state index in [9.17, 15) is 24.9 Å². The van der Waals surface area contributed by atoms with Crippen molar-refractivity contribution in [1.82, 2.24) is 5.32 Å². The Labute approximate surface area is 123 Å². The Morgan fingerprint density at radius 1 is 1.00 bits per heavy atom. The molecule has 0 fully saturated rings. The van der Waals surface area contributed by atoms with Gasteiger partial charge in [0.05, 0.1) is 6.61 Å². The minimum absolute atomic E-state index is 0.121. The molecule has 0 radical (unpaired) electrons. The molecule has 0 spiro atoms. The van der Waals surface area contributed by atoms with Gasteiger partial charge in [-0.2, -0.15) is 0 Å². The van der Waals surface area contributed by atoms with E-state index in [0.717, 1.165) is 19.3 Å². The van der Waals surface area contributed by atoms with Crippen LogP contribution in [0.5, 0.6) is 0 Å². The fourth-order valence-electron chi connectivity index (χ4n) is 1.66. The van der Waals surface area contributed by atoms with E-state index in [0.29, 0.717) is 6.42 Å². The molecule has 0 bridgehead atoms. The normalized spacial score (nSPS) is 16.9. The zero-order valence-electron chi connectivity index (χ0n) is 12.1. The average molecular weight is 307 g/mol. The lowest BCUT2D eigenvalue weighted by Crippen LogP contribution is -2.52. The average Bonchev–Trinajstić information content (AvgIpc) is 2.48. The molecule has 0 unspecified atom stereocenters. The summed E-state index contributed by atoms with van der Waals surface area (Å²) in [5.41, 5.74) is 0. The number of hydrogen-bond acceptors (Lipinski definition) is 7. The lowest BCUT2D eigenvalue weighted by Gasteiger charge is -2.24. The van der Waals surface area contributed by atoms with Gasteiger partial charge >= 0.3 is 0 Å². The molecule has 0 aliphatic heterocycles. The highest BCUT2D eigenvalue weighted by molar-refractivity contribution is 5.97. The predicted octanol–water partition coefficient (Wildman–Crippen LogP) is -1.96. The van der Waals surface area contributed by atoms with Crippen LogP contribution in [0.3, 0.4) is 0 Å². The Hall–Kier alpha value is -1.06. The van der Waals surface area contributed by atoms with E-state index in [-0.39, 0.29) is 6.42 Å². The standard InChI is InChI=1S/C13H25NO7/c1-2-3-4-5-6-9(17)14-13(21)12(20)11(19)10(18)8(16)7-15/h8,10-12,15-16,18-20H,2-7H2,1H3,(H,14,17,21)/t8-,10-,11+,12-/m1/s1. The largest absolute Gasteiger partial charge is 0.394 e. The second-order valence-electron chi connectivity index (χ2n) is 4.90. The fraction of sp³-hybridized carbons (Fsp3) is 0.846. The van der Waals surface area contributed by atoms with Gasteiger partial charge in [0.25, 0.3) is 5.91 Å². The first-order valence-electron chi connectivity index (χ1n) is 7.01. The zero-order valence-corrected chi connectivity index (χ0v) is 12.1. The summed E-state index contributed by atoms with van der Waals surface area (Å²) in [5, 5.41) is 47.9. The highest BCUT2D eigenvalue weighted by Crippen LogP contribution is 2.06. The molecule has 0 aliphatic rings. The summed E-state index contributed by atoms with van der Waals surface area (Å²) in [6, 6.07) is 0.